The molecule has 4 aromatic rings. The van der Waals surface area contributed by atoms with Gasteiger partial charge in [-0.2, -0.15) is 0 Å². The first-order valence-corrected chi connectivity index (χ1v) is 12.6. The predicted octanol–water partition coefficient (Wildman–Crippen LogP) is 6.07. The number of pyridine rings is 1. The molecule has 1 N–H and O–H groups in total. The number of hydrogen-bond donors (Lipinski definition) is 1. The number of rotatable bonds is 6. The highest BCUT2D eigenvalue weighted by molar-refractivity contribution is 7.22. The first-order valence-electron chi connectivity index (χ1n) is 11.4. The topological polar surface area (TPSA) is 92.6 Å². The SMILES string of the molecule is CCCOc1cccc(/C(O)=C2\C(=O)C(=O)N(c3nc4cc(Cl)c(C)cc4s3)C2c2cccnc2)c1. The molecule has 1 unspecified atom stereocenters. The molecule has 5 rings (SSSR count). The molecule has 1 aliphatic rings. The van der Waals surface area contributed by atoms with Gasteiger partial charge in [0.1, 0.15) is 11.5 Å². The number of hydrogen-bond acceptors (Lipinski definition) is 7. The zero-order valence-corrected chi connectivity index (χ0v) is 21.1. The van der Waals surface area contributed by atoms with Crippen LogP contribution in [0.15, 0.2) is 66.5 Å². The number of aromatic nitrogens is 2. The number of benzene rings is 2. The molecule has 9 heteroatoms. The second-order valence-electron chi connectivity index (χ2n) is 8.40. The van der Waals surface area contributed by atoms with E-state index in [2.05, 4.69) is 9.97 Å². The van der Waals surface area contributed by atoms with E-state index in [4.69, 9.17) is 16.3 Å². The maximum absolute atomic E-state index is 13.4. The van der Waals surface area contributed by atoms with Crippen molar-refractivity contribution in [1.29, 1.82) is 0 Å². The molecule has 0 saturated carbocycles. The fourth-order valence-electron chi connectivity index (χ4n) is 4.13. The van der Waals surface area contributed by atoms with Crippen LogP contribution in [0.3, 0.4) is 0 Å². The van der Waals surface area contributed by atoms with Gasteiger partial charge < -0.3 is 9.84 Å². The third-order valence-corrected chi connectivity index (χ3v) is 7.31. The van der Waals surface area contributed by atoms with Crippen LogP contribution in [0.25, 0.3) is 16.0 Å². The Kier molecular flexibility index (Phi) is 6.47. The fraction of sp³-hybridized carbons (Fsp3) is 0.185. The van der Waals surface area contributed by atoms with Crippen molar-refractivity contribution in [1.82, 2.24) is 9.97 Å². The third kappa shape index (κ3) is 4.23. The lowest BCUT2D eigenvalue weighted by molar-refractivity contribution is -0.132. The largest absolute Gasteiger partial charge is 0.507 e. The lowest BCUT2D eigenvalue weighted by Gasteiger charge is -2.22. The van der Waals surface area contributed by atoms with Crippen molar-refractivity contribution in [3.63, 3.8) is 0 Å². The van der Waals surface area contributed by atoms with Gasteiger partial charge in [0.15, 0.2) is 5.13 Å². The standard InChI is InChI=1S/C27H22ClN3O4S/c1-3-10-35-18-8-4-6-16(12-18)24(32)22-23(17-7-5-9-29-14-17)31(26(34)25(22)33)27-30-20-13-19(28)15(2)11-21(20)36-27/h4-9,11-14,23,32H,3,10H2,1-2H3/b24-22+. The molecule has 36 heavy (non-hydrogen) atoms. The van der Waals surface area contributed by atoms with Gasteiger partial charge in [-0.15, -0.1) is 0 Å². The number of nitrogens with zero attached hydrogens (tertiary/aromatic N) is 3. The molecule has 1 amide bonds. The number of Topliss-reactive ketones (excluding diaryl/α,β-unsaturated/α-hetero) is 1. The lowest BCUT2D eigenvalue weighted by atomic mass is 9.96. The van der Waals surface area contributed by atoms with E-state index in [1.54, 1.807) is 54.9 Å². The van der Waals surface area contributed by atoms with Crippen molar-refractivity contribution in [2.45, 2.75) is 26.3 Å². The van der Waals surface area contributed by atoms with Crippen molar-refractivity contribution in [2.24, 2.45) is 0 Å². The quantitative estimate of drug-likeness (QED) is 0.189. The zero-order valence-electron chi connectivity index (χ0n) is 19.6. The highest BCUT2D eigenvalue weighted by Gasteiger charge is 2.48. The molecule has 3 heterocycles. The third-order valence-electron chi connectivity index (χ3n) is 5.89. The number of aryl methyl sites for hydroxylation is 1. The van der Waals surface area contributed by atoms with E-state index in [-0.39, 0.29) is 11.3 Å². The number of fused-ring (bicyclic) bond motifs is 1. The molecule has 1 fully saturated rings. The molecule has 1 atom stereocenters. The van der Waals surface area contributed by atoms with Crippen LogP contribution in [-0.4, -0.2) is 33.4 Å². The summed E-state index contributed by atoms with van der Waals surface area (Å²) in [6.45, 7) is 4.41. The molecule has 0 aliphatic carbocycles. The van der Waals surface area contributed by atoms with E-state index >= 15 is 0 Å². The van der Waals surface area contributed by atoms with Crippen molar-refractivity contribution in [2.75, 3.05) is 11.5 Å². The molecule has 2 aromatic heterocycles. The Morgan fingerprint density at radius 2 is 2.03 bits per heavy atom. The van der Waals surface area contributed by atoms with Gasteiger partial charge in [0.2, 0.25) is 0 Å². The Morgan fingerprint density at radius 3 is 2.78 bits per heavy atom. The Labute approximate surface area is 216 Å². The van der Waals surface area contributed by atoms with Gasteiger partial charge in [-0.3, -0.25) is 19.5 Å². The summed E-state index contributed by atoms with van der Waals surface area (Å²) in [4.78, 5) is 36.9. The summed E-state index contributed by atoms with van der Waals surface area (Å²) < 4.78 is 6.52. The summed E-state index contributed by atoms with van der Waals surface area (Å²) in [6.07, 6.45) is 4.01. The number of aliphatic hydroxyl groups excluding tert-OH is 1. The molecular weight excluding hydrogens is 498 g/mol. The number of carbonyl (C=O) groups is 2. The molecular formula is C27H22ClN3O4S. The number of ether oxygens (including phenoxy) is 1. The van der Waals surface area contributed by atoms with E-state index in [0.29, 0.717) is 39.2 Å². The summed E-state index contributed by atoms with van der Waals surface area (Å²) in [6, 6.07) is 13.0. The summed E-state index contributed by atoms with van der Waals surface area (Å²) in [5.74, 6) is -1.29. The van der Waals surface area contributed by atoms with Crippen LogP contribution >= 0.6 is 22.9 Å². The van der Waals surface area contributed by atoms with Crippen LogP contribution < -0.4 is 9.64 Å². The highest BCUT2D eigenvalue weighted by atomic mass is 35.5. The number of thiazole rings is 1. The van der Waals surface area contributed by atoms with Crippen molar-refractivity contribution in [3.8, 4) is 5.75 Å². The Hall–Kier alpha value is -3.75. The van der Waals surface area contributed by atoms with Gasteiger partial charge in [-0.05, 0) is 54.8 Å². The molecule has 0 bridgehead atoms. The Bertz CT molecular complexity index is 1480. The summed E-state index contributed by atoms with van der Waals surface area (Å²) in [5, 5.41) is 12.2. The van der Waals surface area contributed by atoms with Crippen LogP contribution in [-0.2, 0) is 9.59 Å². The van der Waals surface area contributed by atoms with E-state index in [9.17, 15) is 14.7 Å². The zero-order chi connectivity index (χ0) is 25.4. The van der Waals surface area contributed by atoms with E-state index in [1.165, 1.54) is 16.2 Å². The van der Waals surface area contributed by atoms with Crippen LogP contribution in [0.2, 0.25) is 5.02 Å². The van der Waals surface area contributed by atoms with E-state index in [1.807, 2.05) is 19.9 Å². The number of ketones is 1. The molecule has 1 aliphatic heterocycles. The molecule has 0 radical (unpaired) electrons. The van der Waals surface area contributed by atoms with Crippen LogP contribution in [0.4, 0.5) is 5.13 Å². The number of carbonyl (C=O) groups excluding carboxylic acids is 2. The van der Waals surface area contributed by atoms with Gasteiger partial charge >= 0.3 is 5.91 Å². The summed E-state index contributed by atoms with van der Waals surface area (Å²) >= 11 is 7.56. The molecule has 7 nitrogen and oxygen atoms in total. The molecule has 1 saturated heterocycles. The summed E-state index contributed by atoms with van der Waals surface area (Å²) in [7, 11) is 0. The number of anilines is 1. The van der Waals surface area contributed by atoms with Crippen LogP contribution in [0, 0.1) is 6.92 Å². The Morgan fingerprint density at radius 1 is 1.19 bits per heavy atom. The van der Waals surface area contributed by atoms with E-state index < -0.39 is 17.7 Å². The second kappa shape index (κ2) is 9.72. The second-order valence-corrected chi connectivity index (χ2v) is 9.81. The smallest absolute Gasteiger partial charge is 0.301 e. The van der Waals surface area contributed by atoms with Gasteiger partial charge in [0.05, 0.1) is 28.4 Å². The molecule has 0 spiro atoms. The average Bonchev–Trinajstić information content (AvgIpc) is 3.40. The monoisotopic (exact) mass is 519 g/mol. The summed E-state index contributed by atoms with van der Waals surface area (Å²) in [5.41, 5.74) is 2.43. The van der Waals surface area contributed by atoms with E-state index in [0.717, 1.165) is 16.7 Å². The van der Waals surface area contributed by atoms with Crippen molar-refractivity contribution < 1.29 is 19.4 Å². The first kappa shape index (κ1) is 24.0. The number of halogens is 1. The van der Waals surface area contributed by atoms with Gasteiger partial charge in [0, 0.05) is 23.0 Å². The highest BCUT2D eigenvalue weighted by Crippen LogP contribution is 2.44. The van der Waals surface area contributed by atoms with Gasteiger partial charge in [0.25, 0.3) is 5.78 Å². The predicted molar refractivity (Wildman–Crippen MR) is 141 cm³/mol. The van der Waals surface area contributed by atoms with Crippen molar-refractivity contribution >= 4 is 55.7 Å². The van der Waals surface area contributed by atoms with Crippen LogP contribution in [0.1, 0.15) is 36.1 Å². The molecule has 2 aromatic carbocycles. The molecule has 182 valence electrons. The minimum absolute atomic E-state index is 0.0332. The minimum Gasteiger partial charge on any atom is -0.507 e. The lowest BCUT2D eigenvalue weighted by Crippen LogP contribution is -2.29. The van der Waals surface area contributed by atoms with Crippen LogP contribution in [0.5, 0.6) is 5.75 Å². The minimum atomic E-state index is -0.906. The fourth-order valence-corrected chi connectivity index (χ4v) is 5.36. The average molecular weight is 520 g/mol. The maximum Gasteiger partial charge on any atom is 0.301 e. The maximum atomic E-state index is 13.4. The van der Waals surface area contributed by atoms with Crippen molar-refractivity contribution in [3.05, 3.63) is 88.2 Å². The first-order chi connectivity index (χ1) is 17.4. The van der Waals surface area contributed by atoms with Gasteiger partial charge in [-0.1, -0.05) is 48.1 Å². The Balaban J connectivity index is 1.67. The number of aliphatic hydroxyl groups is 1. The normalized spacial score (nSPS) is 17.2. The van der Waals surface area contributed by atoms with Gasteiger partial charge in [-0.25, -0.2) is 4.98 Å². The number of amides is 1.